The van der Waals surface area contributed by atoms with Crippen molar-refractivity contribution < 1.29 is 9.53 Å². The van der Waals surface area contributed by atoms with Gasteiger partial charge in [-0.05, 0) is 30.3 Å². The van der Waals surface area contributed by atoms with Gasteiger partial charge in [-0.25, -0.2) is 5.10 Å². The molecule has 3 aromatic rings. The van der Waals surface area contributed by atoms with Gasteiger partial charge in [0.2, 0.25) is 5.91 Å². The van der Waals surface area contributed by atoms with Crippen molar-refractivity contribution in [3.05, 3.63) is 52.3 Å². The van der Waals surface area contributed by atoms with Gasteiger partial charge in [0.1, 0.15) is 17.2 Å². The van der Waals surface area contributed by atoms with Gasteiger partial charge in [0.15, 0.2) is 0 Å². The molecule has 1 aromatic heterocycles. The highest BCUT2D eigenvalue weighted by atomic mass is 16.5. The monoisotopic (exact) mass is 279 g/mol. The van der Waals surface area contributed by atoms with Crippen LogP contribution >= 0.6 is 0 Å². The first kappa shape index (κ1) is 11.7. The van der Waals surface area contributed by atoms with Gasteiger partial charge in [0, 0.05) is 11.1 Å². The Morgan fingerprint density at radius 2 is 2.05 bits per heavy atom. The number of carbonyl (C=O) groups is 1. The topological polar surface area (TPSA) is 98.1 Å². The summed E-state index contributed by atoms with van der Waals surface area (Å²) in [5, 5.41) is 7.70. The lowest BCUT2D eigenvalue weighted by molar-refractivity contribution is 0.100. The Balaban J connectivity index is 2.13. The zero-order valence-corrected chi connectivity index (χ0v) is 10.7. The number of primary amides is 1. The van der Waals surface area contributed by atoms with Crippen molar-refractivity contribution in [3.63, 3.8) is 0 Å². The molecule has 0 unspecified atom stereocenters. The average molecular weight is 279 g/mol. The molecule has 102 valence electrons. The van der Waals surface area contributed by atoms with Gasteiger partial charge in [0.05, 0.1) is 10.8 Å². The second kappa shape index (κ2) is 3.92. The molecule has 2 heterocycles. The van der Waals surface area contributed by atoms with E-state index >= 15 is 0 Å². The van der Waals surface area contributed by atoms with Gasteiger partial charge in [-0.3, -0.25) is 9.59 Å². The van der Waals surface area contributed by atoms with Crippen LogP contribution in [0.5, 0.6) is 11.5 Å². The third-order valence-corrected chi connectivity index (χ3v) is 3.52. The Morgan fingerprint density at radius 1 is 1.19 bits per heavy atom. The average Bonchev–Trinajstić information content (AvgIpc) is 2.49. The number of benzene rings is 2. The van der Waals surface area contributed by atoms with E-state index in [1.165, 1.54) is 0 Å². The van der Waals surface area contributed by atoms with Crippen LogP contribution in [0.25, 0.3) is 22.0 Å². The molecule has 3 N–H and O–H groups in total. The lowest BCUT2D eigenvalue weighted by Gasteiger charge is -2.19. The molecule has 21 heavy (non-hydrogen) atoms. The summed E-state index contributed by atoms with van der Waals surface area (Å²) in [6.45, 7) is 0. The minimum absolute atomic E-state index is 0.284. The van der Waals surface area contributed by atoms with Gasteiger partial charge in [-0.2, -0.15) is 5.10 Å². The van der Waals surface area contributed by atoms with E-state index in [-0.39, 0.29) is 5.56 Å². The molecule has 0 radical (unpaired) electrons. The van der Waals surface area contributed by atoms with Gasteiger partial charge >= 0.3 is 0 Å². The minimum Gasteiger partial charge on any atom is -0.456 e. The number of ether oxygens (including phenoxy) is 1. The van der Waals surface area contributed by atoms with Crippen LogP contribution in [0.4, 0.5) is 0 Å². The number of fused-ring (bicyclic) bond motifs is 2. The van der Waals surface area contributed by atoms with E-state index in [1.807, 2.05) is 0 Å². The fourth-order valence-corrected chi connectivity index (χ4v) is 2.54. The second-order valence-corrected chi connectivity index (χ2v) is 4.76. The molecule has 1 aliphatic heterocycles. The van der Waals surface area contributed by atoms with E-state index < -0.39 is 5.91 Å². The highest BCUT2D eigenvalue weighted by molar-refractivity contribution is 6.03. The zero-order valence-electron chi connectivity index (χ0n) is 10.7. The number of hydrogen-bond acceptors (Lipinski definition) is 4. The zero-order chi connectivity index (χ0) is 14.6. The van der Waals surface area contributed by atoms with Crippen molar-refractivity contribution in [1.82, 2.24) is 10.2 Å². The van der Waals surface area contributed by atoms with Crippen molar-refractivity contribution in [2.75, 3.05) is 0 Å². The third kappa shape index (κ3) is 1.56. The number of aromatic nitrogens is 2. The number of H-pyrrole nitrogens is 1. The van der Waals surface area contributed by atoms with Gasteiger partial charge < -0.3 is 10.5 Å². The maximum Gasteiger partial charge on any atom is 0.272 e. The van der Waals surface area contributed by atoms with Gasteiger partial charge in [-0.1, -0.05) is 6.07 Å². The highest BCUT2D eigenvalue weighted by Gasteiger charge is 2.23. The van der Waals surface area contributed by atoms with Crippen molar-refractivity contribution in [2.24, 2.45) is 5.73 Å². The molecular weight excluding hydrogens is 270 g/mol. The highest BCUT2D eigenvalue weighted by Crippen LogP contribution is 2.44. The standard InChI is InChI=1S/C15H9N3O3/c16-14(19)7-4-5-10-9(6-7)13-12-8(15(20)18-17-13)2-1-3-11(12)21-10/h1-6H,(H2,16,19)(H,18,20). The first-order chi connectivity index (χ1) is 10.1. The predicted molar refractivity (Wildman–Crippen MR) is 76.4 cm³/mol. The van der Waals surface area contributed by atoms with E-state index in [2.05, 4.69) is 10.2 Å². The normalized spacial score (nSPS) is 11.8. The first-order valence-electron chi connectivity index (χ1n) is 6.28. The summed E-state index contributed by atoms with van der Waals surface area (Å²) in [6, 6.07) is 10.1. The molecule has 0 spiro atoms. The maximum atomic E-state index is 11.9. The van der Waals surface area contributed by atoms with Crippen molar-refractivity contribution in [3.8, 4) is 22.8 Å². The van der Waals surface area contributed by atoms with E-state index in [0.29, 0.717) is 39.1 Å². The summed E-state index contributed by atoms with van der Waals surface area (Å²) in [4.78, 5) is 23.2. The van der Waals surface area contributed by atoms with Crippen molar-refractivity contribution in [2.45, 2.75) is 0 Å². The molecule has 0 saturated heterocycles. The molecule has 1 aliphatic rings. The van der Waals surface area contributed by atoms with E-state index in [1.54, 1.807) is 36.4 Å². The smallest absolute Gasteiger partial charge is 0.272 e. The molecule has 0 aliphatic carbocycles. The third-order valence-electron chi connectivity index (χ3n) is 3.52. The number of carbonyl (C=O) groups excluding carboxylic acids is 1. The summed E-state index contributed by atoms with van der Waals surface area (Å²) in [6.07, 6.45) is 0. The SMILES string of the molecule is NC(=O)c1ccc2c(c1)-c1n[nH]c(=O)c3cccc(c13)O2. The lowest BCUT2D eigenvalue weighted by atomic mass is 9.99. The number of nitrogens with zero attached hydrogens (tertiary/aromatic N) is 1. The maximum absolute atomic E-state index is 11.9. The number of nitrogens with one attached hydrogen (secondary N) is 1. The van der Waals surface area contributed by atoms with Crippen LogP contribution in [0.15, 0.2) is 41.2 Å². The Hall–Kier alpha value is -3.15. The molecule has 1 amide bonds. The second-order valence-electron chi connectivity index (χ2n) is 4.76. The molecule has 0 bridgehead atoms. The largest absolute Gasteiger partial charge is 0.456 e. The number of nitrogens with two attached hydrogens (primary N) is 1. The van der Waals surface area contributed by atoms with Crippen LogP contribution < -0.4 is 16.0 Å². The molecule has 0 saturated carbocycles. The van der Waals surface area contributed by atoms with E-state index in [9.17, 15) is 9.59 Å². The summed E-state index contributed by atoms with van der Waals surface area (Å²) < 4.78 is 5.79. The van der Waals surface area contributed by atoms with Crippen LogP contribution in [-0.4, -0.2) is 16.1 Å². The Kier molecular flexibility index (Phi) is 2.18. The molecule has 4 rings (SSSR count). The minimum atomic E-state index is -0.530. The van der Waals surface area contributed by atoms with Crippen LogP contribution in [0.1, 0.15) is 10.4 Å². The lowest BCUT2D eigenvalue weighted by Crippen LogP contribution is -2.14. The molecule has 2 aromatic carbocycles. The fraction of sp³-hybridized carbons (Fsp3) is 0. The Bertz CT molecular complexity index is 976. The Labute approximate surface area is 118 Å². The van der Waals surface area contributed by atoms with Crippen LogP contribution in [0.2, 0.25) is 0 Å². The summed E-state index contributed by atoms with van der Waals surface area (Å²) >= 11 is 0. The molecular formula is C15H9N3O3. The summed E-state index contributed by atoms with van der Waals surface area (Å²) in [7, 11) is 0. The van der Waals surface area contributed by atoms with Gasteiger partial charge in [0.25, 0.3) is 5.56 Å². The summed E-state index contributed by atoms with van der Waals surface area (Å²) in [5.74, 6) is 0.609. The summed E-state index contributed by atoms with van der Waals surface area (Å²) in [5.41, 5.74) is 6.58. The fourth-order valence-electron chi connectivity index (χ4n) is 2.54. The number of aromatic amines is 1. The van der Waals surface area contributed by atoms with Crippen molar-refractivity contribution in [1.29, 1.82) is 0 Å². The van der Waals surface area contributed by atoms with Gasteiger partial charge in [-0.15, -0.1) is 0 Å². The molecule has 0 fully saturated rings. The molecule has 6 nitrogen and oxygen atoms in total. The van der Waals surface area contributed by atoms with E-state index in [4.69, 9.17) is 10.5 Å². The predicted octanol–water partition coefficient (Wildman–Crippen LogP) is 1.79. The Morgan fingerprint density at radius 3 is 2.86 bits per heavy atom. The van der Waals surface area contributed by atoms with Crippen LogP contribution in [0, 0.1) is 0 Å². The van der Waals surface area contributed by atoms with Crippen LogP contribution in [0.3, 0.4) is 0 Å². The van der Waals surface area contributed by atoms with Crippen molar-refractivity contribution >= 4 is 16.7 Å². The van der Waals surface area contributed by atoms with E-state index in [0.717, 1.165) is 0 Å². The number of hydrogen-bond donors (Lipinski definition) is 2. The number of amides is 1. The quantitative estimate of drug-likeness (QED) is 0.555. The molecule has 6 heteroatoms. The van der Waals surface area contributed by atoms with Crippen LogP contribution in [-0.2, 0) is 0 Å². The molecule has 0 atom stereocenters. The first-order valence-corrected chi connectivity index (χ1v) is 6.28. The number of rotatable bonds is 1.